The van der Waals surface area contributed by atoms with E-state index < -0.39 is 0 Å². The second-order valence-corrected chi connectivity index (χ2v) is 5.08. The van der Waals surface area contributed by atoms with E-state index in [1.54, 1.807) is 11.3 Å². The molecule has 2 aromatic heterocycles. The second-order valence-electron chi connectivity index (χ2n) is 4.05. The van der Waals surface area contributed by atoms with Gasteiger partial charge in [0, 0.05) is 23.7 Å². The van der Waals surface area contributed by atoms with Gasteiger partial charge in [-0.3, -0.25) is 0 Å². The van der Waals surface area contributed by atoms with Crippen molar-refractivity contribution in [3.8, 4) is 5.88 Å². The molecular weight excluding hydrogens is 244 g/mol. The lowest BCUT2D eigenvalue weighted by Crippen LogP contribution is -2.13. The summed E-state index contributed by atoms with van der Waals surface area (Å²) in [5.74, 6) is 0.683. The summed E-state index contributed by atoms with van der Waals surface area (Å²) < 4.78 is 5.61. The molecule has 0 amide bonds. The fourth-order valence-corrected chi connectivity index (χ4v) is 2.17. The van der Waals surface area contributed by atoms with E-state index in [2.05, 4.69) is 34.7 Å². The van der Waals surface area contributed by atoms with Crippen LogP contribution in [0.4, 0.5) is 0 Å². The van der Waals surface area contributed by atoms with Crippen molar-refractivity contribution in [2.75, 3.05) is 6.54 Å². The summed E-state index contributed by atoms with van der Waals surface area (Å²) in [6.07, 6.45) is 3.02. The van der Waals surface area contributed by atoms with Gasteiger partial charge in [-0.2, -0.15) is 0 Å². The Morgan fingerprint density at radius 3 is 2.94 bits per heavy atom. The Kier molecular flexibility index (Phi) is 5.17. The van der Waals surface area contributed by atoms with Gasteiger partial charge >= 0.3 is 0 Å². The van der Waals surface area contributed by atoms with Gasteiger partial charge in [-0.1, -0.05) is 19.1 Å². The fraction of sp³-hybridized carbons (Fsp3) is 0.357. The average molecular weight is 262 g/mol. The Labute approximate surface area is 112 Å². The van der Waals surface area contributed by atoms with Crippen molar-refractivity contribution in [1.82, 2.24) is 10.3 Å². The van der Waals surface area contributed by atoms with Gasteiger partial charge in [-0.15, -0.1) is 11.3 Å². The van der Waals surface area contributed by atoms with Crippen molar-refractivity contribution >= 4 is 11.3 Å². The topological polar surface area (TPSA) is 34.1 Å². The highest BCUT2D eigenvalue weighted by molar-refractivity contribution is 7.09. The van der Waals surface area contributed by atoms with E-state index in [1.807, 2.05) is 18.3 Å². The van der Waals surface area contributed by atoms with Crippen molar-refractivity contribution in [3.63, 3.8) is 0 Å². The van der Waals surface area contributed by atoms with Crippen LogP contribution in [0.25, 0.3) is 0 Å². The first-order chi connectivity index (χ1) is 8.88. The molecule has 0 aromatic carbocycles. The summed E-state index contributed by atoms with van der Waals surface area (Å²) in [5, 5.41) is 5.40. The van der Waals surface area contributed by atoms with Crippen LogP contribution in [0.1, 0.15) is 23.8 Å². The summed E-state index contributed by atoms with van der Waals surface area (Å²) in [4.78, 5) is 5.51. The molecule has 0 spiro atoms. The van der Waals surface area contributed by atoms with Crippen LogP contribution < -0.4 is 10.1 Å². The zero-order valence-electron chi connectivity index (χ0n) is 10.6. The Bertz CT molecular complexity index is 439. The molecule has 18 heavy (non-hydrogen) atoms. The summed E-state index contributed by atoms with van der Waals surface area (Å²) >= 11 is 1.70. The smallest absolute Gasteiger partial charge is 0.213 e. The molecule has 0 aliphatic carbocycles. The first kappa shape index (κ1) is 13.1. The molecular formula is C14H18N2OS. The van der Waals surface area contributed by atoms with Gasteiger partial charge in [0.2, 0.25) is 5.88 Å². The number of rotatable bonds is 7. The molecule has 0 aliphatic heterocycles. The van der Waals surface area contributed by atoms with Crippen LogP contribution in [0.15, 0.2) is 35.8 Å². The Balaban J connectivity index is 1.80. The van der Waals surface area contributed by atoms with Crippen LogP contribution in [0.5, 0.6) is 5.88 Å². The Morgan fingerprint density at radius 2 is 2.28 bits per heavy atom. The van der Waals surface area contributed by atoms with Gasteiger partial charge in [0.25, 0.3) is 0 Å². The monoisotopic (exact) mass is 262 g/mol. The third-order valence-corrected chi connectivity index (χ3v) is 3.35. The molecule has 96 valence electrons. The Hall–Kier alpha value is -1.39. The molecule has 2 aromatic rings. The van der Waals surface area contributed by atoms with E-state index in [-0.39, 0.29) is 0 Å². The molecule has 0 radical (unpaired) electrons. The first-order valence-corrected chi connectivity index (χ1v) is 7.07. The van der Waals surface area contributed by atoms with Crippen LogP contribution >= 0.6 is 11.3 Å². The lowest BCUT2D eigenvalue weighted by atomic mass is 10.3. The summed E-state index contributed by atoms with van der Waals surface area (Å²) in [7, 11) is 0. The highest BCUT2D eigenvalue weighted by Gasteiger charge is 1.99. The van der Waals surface area contributed by atoms with Crippen molar-refractivity contribution < 1.29 is 4.74 Å². The molecule has 3 nitrogen and oxygen atoms in total. The predicted molar refractivity (Wildman–Crippen MR) is 74.9 cm³/mol. The highest BCUT2D eigenvalue weighted by Crippen LogP contribution is 2.13. The standard InChI is InChI=1S/C14H18N2OS/c1-2-7-15-9-12-5-6-14(16-10-12)17-11-13-4-3-8-18-13/h3-6,8,10,15H,2,7,9,11H2,1H3. The van der Waals surface area contributed by atoms with Crippen molar-refractivity contribution in [1.29, 1.82) is 0 Å². The van der Waals surface area contributed by atoms with Gasteiger partial charge in [0.15, 0.2) is 0 Å². The Morgan fingerprint density at radius 1 is 1.33 bits per heavy atom. The van der Waals surface area contributed by atoms with Crippen molar-refractivity contribution in [2.24, 2.45) is 0 Å². The largest absolute Gasteiger partial charge is 0.472 e. The van der Waals surface area contributed by atoms with Crippen molar-refractivity contribution in [3.05, 3.63) is 46.3 Å². The zero-order valence-corrected chi connectivity index (χ0v) is 11.4. The highest BCUT2D eigenvalue weighted by atomic mass is 32.1. The number of ether oxygens (including phenoxy) is 1. The quantitative estimate of drug-likeness (QED) is 0.778. The van der Waals surface area contributed by atoms with Gasteiger partial charge in [0.1, 0.15) is 6.61 Å². The number of nitrogens with zero attached hydrogens (tertiary/aromatic N) is 1. The zero-order chi connectivity index (χ0) is 12.6. The molecule has 4 heteroatoms. The average Bonchev–Trinajstić information content (AvgIpc) is 2.91. The third-order valence-electron chi connectivity index (χ3n) is 2.50. The minimum absolute atomic E-state index is 0.595. The van der Waals surface area contributed by atoms with E-state index in [1.165, 1.54) is 10.4 Å². The number of nitrogens with one attached hydrogen (secondary N) is 1. The predicted octanol–water partition coefficient (Wildman–Crippen LogP) is 3.22. The lowest BCUT2D eigenvalue weighted by molar-refractivity contribution is 0.297. The van der Waals surface area contributed by atoms with Crippen LogP contribution in [0, 0.1) is 0 Å². The molecule has 2 heterocycles. The van der Waals surface area contributed by atoms with Crippen LogP contribution in [-0.4, -0.2) is 11.5 Å². The summed E-state index contributed by atoms with van der Waals surface area (Å²) in [6.45, 7) is 4.66. The number of hydrogen-bond donors (Lipinski definition) is 1. The van der Waals surface area contributed by atoms with E-state index in [0.717, 1.165) is 19.5 Å². The summed E-state index contributed by atoms with van der Waals surface area (Å²) in [6, 6.07) is 8.07. The minimum atomic E-state index is 0.595. The minimum Gasteiger partial charge on any atom is -0.472 e. The molecule has 0 atom stereocenters. The van der Waals surface area contributed by atoms with E-state index in [9.17, 15) is 0 Å². The fourth-order valence-electron chi connectivity index (χ4n) is 1.55. The molecule has 0 aliphatic rings. The van der Waals surface area contributed by atoms with Gasteiger partial charge in [-0.05, 0) is 30.0 Å². The maximum absolute atomic E-state index is 5.61. The van der Waals surface area contributed by atoms with E-state index >= 15 is 0 Å². The molecule has 0 saturated heterocycles. The van der Waals surface area contributed by atoms with Crippen LogP contribution in [0.3, 0.4) is 0 Å². The van der Waals surface area contributed by atoms with E-state index in [0.29, 0.717) is 12.5 Å². The van der Waals surface area contributed by atoms with Crippen LogP contribution in [-0.2, 0) is 13.2 Å². The number of pyridine rings is 1. The molecule has 0 fully saturated rings. The molecule has 0 bridgehead atoms. The van der Waals surface area contributed by atoms with Gasteiger partial charge in [0.05, 0.1) is 0 Å². The third kappa shape index (κ3) is 4.13. The molecule has 1 N–H and O–H groups in total. The molecule has 0 saturated carbocycles. The van der Waals surface area contributed by atoms with Gasteiger partial charge in [-0.25, -0.2) is 4.98 Å². The number of hydrogen-bond acceptors (Lipinski definition) is 4. The van der Waals surface area contributed by atoms with Crippen molar-refractivity contribution in [2.45, 2.75) is 26.5 Å². The maximum atomic E-state index is 5.61. The van der Waals surface area contributed by atoms with Gasteiger partial charge < -0.3 is 10.1 Å². The normalized spacial score (nSPS) is 10.5. The second kappa shape index (κ2) is 7.13. The molecule has 2 rings (SSSR count). The maximum Gasteiger partial charge on any atom is 0.213 e. The molecule has 0 unspecified atom stereocenters. The number of thiophene rings is 1. The first-order valence-electron chi connectivity index (χ1n) is 6.19. The SMILES string of the molecule is CCCNCc1ccc(OCc2cccs2)nc1. The number of aromatic nitrogens is 1. The van der Waals surface area contributed by atoms with E-state index in [4.69, 9.17) is 4.74 Å². The summed E-state index contributed by atoms with van der Waals surface area (Å²) in [5.41, 5.74) is 1.19. The van der Waals surface area contributed by atoms with Crippen LogP contribution in [0.2, 0.25) is 0 Å². The lowest BCUT2D eigenvalue weighted by Gasteiger charge is -2.05.